The minimum absolute atomic E-state index is 0.267. The highest BCUT2D eigenvalue weighted by Gasteiger charge is 2.48. The zero-order valence-electron chi connectivity index (χ0n) is 28.4. The number of cyclic esters (lactones) is 1. The number of nitrogens with two attached hydrogens (primary N) is 1. The molecule has 1 heterocycles. The lowest BCUT2D eigenvalue weighted by Gasteiger charge is -2.33. The van der Waals surface area contributed by atoms with E-state index in [4.69, 9.17) is 15.2 Å². The third-order valence-electron chi connectivity index (χ3n) is 8.49. The Morgan fingerprint density at radius 3 is 2.23 bits per heavy atom. The van der Waals surface area contributed by atoms with Gasteiger partial charge in [0.1, 0.15) is 6.04 Å². The number of benzene rings is 3. The maximum atomic E-state index is 14.0. The molecule has 47 heavy (non-hydrogen) atoms. The highest BCUT2D eigenvalue weighted by Crippen LogP contribution is 2.32. The van der Waals surface area contributed by atoms with Crippen molar-refractivity contribution in [3.63, 3.8) is 0 Å². The molecule has 1 saturated heterocycles. The van der Waals surface area contributed by atoms with Crippen LogP contribution in [0.15, 0.2) is 72.8 Å². The molecule has 0 spiro atoms. The molecule has 3 aromatic rings. The smallest absolute Gasteiger partial charge is 0.338 e. The number of nitrogens with one attached hydrogen (secondary N) is 2. The molecule has 4 N–H and O–H groups in total. The van der Waals surface area contributed by atoms with Crippen LogP contribution in [0.3, 0.4) is 0 Å². The first-order valence-corrected chi connectivity index (χ1v) is 16.1. The van der Waals surface area contributed by atoms with Gasteiger partial charge >= 0.3 is 5.97 Å². The van der Waals surface area contributed by atoms with Gasteiger partial charge < -0.3 is 25.8 Å². The number of aryl methyl sites for hydroxylation is 2. The molecule has 1 aliphatic rings. The quantitative estimate of drug-likeness (QED) is 0.214. The summed E-state index contributed by atoms with van der Waals surface area (Å²) in [5, 5.41) is 6.00. The third kappa shape index (κ3) is 9.07. The molecule has 250 valence electrons. The molecular formula is C38H47N3O6. The van der Waals surface area contributed by atoms with E-state index in [1.54, 1.807) is 26.0 Å². The van der Waals surface area contributed by atoms with E-state index in [9.17, 15) is 19.2 Å². The Balaban J connectivity index is 1.49. The van der Waals surface area contributed by atoms with Crippen molar-refractivity contribution in [2.75, 3.05) is 0 Å². The van der Waals surface area contributed by atoms with E-state index < -0.39 is 47.0 Å². The summed E-state index contributed by atoms with van der Waals surface area (Å²) in [7, 11) is 0. The molecule has 1 aliphatic heterocycles. The first-order chi connectivity index (χ1) is 22.1. The summed E-state index contributed by atoms with van der Waals surface area (Å²) in [5.41, 5.74) is 10.2. The fourth-order valence-corrected chi connectivity index (χ4v) is 5.96. The van der Waals surface area contributed by atoms with Crippen LogP contribution in [-0.2, 0) is 30.3 Å². The van der Waals surface area contributed by atoms with Crippen molar-refractivity contribution in [1.82, 2.24) is 10.6 Å². The Hall–Kier alpha value is -4.50. The van der Waals surface area contributed by atoms with Crippen molar-refractivity contribution in [3.8, 4) is 11.1 Å². The van der Waals surface area contributed by atoms with E-state index in [0.717, 1.165) is 27.8 Å². The van der Waals surface area contributed by atoms with Crippen molar-refractivity contribution in [1.29, 1.82) is 0 Å². The van der Waals surface area contributed by atoms with Crippen molar-refractivity contribution in [2.24, 2.45) is 17.1 Å². The number of amides is 3. The monoisotopic (exact) mass is 641 g/mol. The third-order valence-corrected chi connectivity index (χ3v) is 8.49. The number of rotatable bonds is 12. The lowest BCUT2D eigenvalue weighted by Crippen LogP contribution is -2.56. The van der Waals surface area contributed by atoms with E-state index in [0.29, 0.717) is 24.8 Å². The Morgan fingerprint density at radius 1 is 0.936 bits per heavy atom. The lowest BCUT2D eigenvalue weighted by molar-refractivity contribution is -0.162. The van der Waals surface area contributed by atoms with E-state index in [2.05, 4.69) is 16.7 Å². The van der Waals surface area contributed by atoms with E-state index in [-0.39, 0.29) is 11.9 Å². The summed E-state index contributed by atoms with van der Waals surface area (Å²) < 4.78 is 11.4. The summed E-state index contributed by atoms with van der Waals surface area (Å²) in [5.74, 6) is -3.85. The Labute approximate surface area is 277 Å². The summed E-state index contributed by atoms with van der Waals surface area (Å²) in [6.07, 6.45) is 0.467. The van der Waals surface area contributed by atoms with Gasteiger partial charge in [-0.3, -0.25) is 14.4 Å². The molecule has 9 nitrogen and oxygen atoms in total. The van der Waals surface area contributed by atoms with Gasteiger partial charge in [0, 0.05) is 19.4 Å². The summed E-state index contributed by atoms with van der Waals surface area (Å²) in [6.45, 7) is 12.8. The molecule has 9 heteroatoms. The van der Waals surface area contributed by atoms with Gasteiger partial charge in [0.05, 0.1) is 12.0 Å². The second kappa shape index (κ2) is 14.5. The Kier molecular flexibility index (Phi) is 10.9. The van der Waals surface area contributed by atoms with Gasteiger partial charge in [0.25, 0.3) is 0 Å². The molecule has 3 amide bonds. The fraction of sp³-hybridized carbons (Fsp3) is 0.421. The van der Waals surface area contributed by atoms with Gasteiger partial charge in [-0.05, 0) is 78.5 Å². The first kappa shape index (κ1) is 35.4. The molecule has 4 rings (SSSR count). The fourth-order valence-electron chi connectivity index (χ4n) is 5.96. The normalized spacial score (nSPS) is 17.7. The molecule has 0 saturated carbocycles. The maximum absolute atomic E-state index is 14.0. The van der Waals surface area contributed by atoms with Crippen LogP contribution in [0.1, 0.15) is 87.5 Å². The predicted molar refractivity (Wildman–Crippen MR) is 181 cm³/mol. The summed E-state index contributed by atoms with van der Waals surface area (Å²) in [6, 6.07) is 21.8. The van der Waals surface area contributed by atoms with Crippen LogP contribution in [0.25, 0.3) is 11.1 Å². The predicted octanol–water partition coefficient (Wildman–Crippen LogP) is 5.79. The SMILES string of the molecule is Cc1cc(CCC[C@@H](C(=O)N[C@H](C(=O)NC(C)c2ccccc2)C(C)(C)C)C2OC(C)(C)OC2=O)ccc1-c1cccc(C(N)=O)c1. The maximum Gasteiger partial charge on any atom is 0.338 e. The van der Waals surface area contributed by atoms with Gasteiger partial charge in [-0.25, -0.2) is 4.79 Å². The van der Waals surface area contributed by atoms with Crippen molar-refractivity contribution in [3.05, 3.63) is 95.1 Å². The molecule has 0 radical (unpaired) electrons. The molecule has 0 aromatic heterocycles. The van der Waals surface area contributed by atoms with Crippen molar-refractivity contribution < 1.29 is 28.7 Å². The van der Waals surface area contributed by atoms with E-state index >= 15 is 0 Å². The van der Waals surface area contributed by atoms with Gasteiger partial charge in [0.2, 0.25) is 23.5 Å². The molecule has 3 aromatic carbocycles. The van der Waals surface area contributed by atoms with Gasteiger partial charge in [-0.2, -0.15) is 0 Å². The first-order valence-electron chi connectivity index (χ1n) is 16.1. The molecule has 2 unspecified atom stereocenters. The number of hydrogen-bond acceptors (Lipinski definition) is 6. The molecule has 4 atom stereocenters. The zero-order chi connectivity index (χ0) is 34.5. The van der Waals surface area contributed by atoms with Gasteiger partial charge in [-0.1, -0.05) is 81.4 Å². The number of hydrogen-bond donors (Lipinski definition) is 3. The average Bonchev–Trinajstić information content (AvgIpc) is 3.28. The van der Waals surface area contributed by atoms with Crippen LogP contribution < -0.4 is 16.4 Å². The summed E-state index contributed by atoms with van der Waals surface area (Å²) >= 11 is 0. The Morgan fingerprint density at radius 2 is 1.64 bits per heavy atom. The number of esters is 1. The lowest BCUT2D eigenvalue weighted by atomic mass is 9.84. The second-order valence-electron chi connectivity index (χ2n) is 13.9. The number of ether oxygens (including phenoxy) is 2. The average molecular weight is 642 g/mol. The van der Waals surface area contributed by atoms with Crippen molar-refractivity contribution in [2.45, 2.75) is 91.7 Å². The van der Waals surface area contributed by atoms with Crippen LogP contribution in [-0.4, -0.2) is 41.6 Å². The number of primary amides is 1. The number of carbonyl (C=O) groups excluding carboxylic acids is 4. The van der Waals surface area contributed by atoms with Crippen LogP contribution in [0.2, 0.25) is 0 Å². The highest BCUT2D eigenvalue weighted by atomic mass is 16.8. The van der Waals surface area contributed by atoms with Gasteiger partial charge in [-0.15, -0.1) is 0 Å². The van der Waals surface area contributed by atoms with E-state index in [1.807, 2.05) is 89.2 Å². The van der Waals surface area contributed by atoms with Gasteiger partial charge in [0.15, 0.2) is 6.10 Å². The standard InChI is InChI=1S/C38H47N3O6/c1-23-21-25(19-20-29(23)27-16-12-17-28(22-27)33(39)42)13-11-18-30(31-36(45)47-38(6,7)46-31)34(43)41-32(37(3,4)5)35(44)40-24(2)26-14-9-8-10-15-26/h8-10,12,14-17,19-22,24,30-32H,11,13,18H2,1-7H3,(H2,39,42)(H,40,44)(H,41,43)/t24?,30-,31?,32-/m1/s1. The topological polar surface area (TPSA) is 137 Å². The molecule has 0 bridgehead atoms. The van der Waals surface area contributed by atoms with Crippen LogP contribution in [0.4, 0.5) is 0 Å². The van der Waals surface area contributed by atoms with Crippen molar-refractivity contribution >= 4 is 23.7 Å². The summed E-state index contributed by atoms with van der Waals surface area (Å²) in [4.78, 5) is 52.1. The highest BCUT2D eigenvalue weighted by molar-refractivity contribution is 5.94. The Bertz CT molecular complexity index is 1610. The minimum Gasteiger partial charge on any atom is -0.432 e. The minimum atomic E-state index is -1.16. The van der Waals surface area contributed by atoms with Crippen LogP contribution in [0, 0.1) is 18.3 Å². The molecule has 0 aliphatic carbocycles. The van der Waals surface area contributed by atoms with Crippen LogP contribution >= 0.6 is 0 Å². The van der Waals surface area contributed by atoms with Crippen LogP contribution in [0.5, 0.6) is 0 Å². The van der Waals surface area contributed by atoms with E-state index in [1.165, 1.54) is 0 Å². The molecular weight excluding hydrogens is 594 g/mol. The molecule has 1 fully saturated rings. The number of carbonyl (C=O) groups is 4. The largest absolute Gasteiger partial charge is 0.432 e. The zero-order valence-corrected chi connectivity index (χ0v) is 28.4. The second-order valence-corrected chi connectivity index (χ2v) is 13.9.